The van der Waals surface area contributed by atoms with E-state index in [9.17, 15) is 0 Å². The van der Waals surface area contributed by atoms with Crippen molar-refractivity contribution in [1.29, 1.82) is 0 Å². The number of nitrogens with one attached hydrogen (secondary N) is 1. The number of H-pyrrole nitrogens is 1. The molecular weight excluding hydrogens is 384 g/mol. The van der Waals surface area contributed by atoms with Crippen molar-refractivity contribution in [2.24, 2.45) is 0 Å². The highest BCUT2D eigenvalue weighted by Gasteiger charge is 2.48. The number of nitrogens with zero attached hydrogens (tertiary/aromatic N) is 3. The van der Waals surface area contributed by atoms with Crippen molar-refractivity contribution >= 4 is 28.2 Å². The fourth-order valence-corrected chi connectivity index (χ4v) is 5.02. The van der Waals surface area contributed by atoms with Crippen LogP contribution in [0.5, 0.6) is 0 Å². The van der Waals surface area contributed by atoms with E-state index in [-0.39, 0.29) is 5.54 Å². The van der Waals surface area contributed by atoms with E-state index in [0.717, 1.165) is 54.2 Å². The van der Waals surface area contributed by atoms with Crippen LogP contribution in [0, 0.1) is 0 Å². The fraction of sp³-hybridized carbons (Fsp3) is 0.435. The number of piperazine rings is 1. The molecule has 6 heteroatoms. The number of fused-ring (bicyclic) bond motifs is 1. The minimum absolute atomic E-state index is 0.137. The molecule has 0 spiro atoms. The normalized spacial score (nSPS) is 25.3. The van der Waals surface area contributed by atoms with Crippen molar-refractivity contribution in [3.8, 4) is 0 Å². The summed E-state index contributed by atoms with van der Waals surface area (Å²) in [6, 6.07) is 14.6. The van der Waals surface area contributed by atoms with Crippen LogP contribution in [0.4, 0.5) is 5.69 Å². The summed E-state index contributed by atoms with van der Waals surface area (Å²) in [7, 11) is 0. The van der Waals surface area contributed by atoms with Gasteiger partial charge in [-0.1, -0.05) is 41.9 Å². The molecule has 5 nitrogen and oxygen atoms in total. The first-order valence-corrected chi connectivity index (χ1v) is 10.8. The van der Waals surface area contributed by atoms with Gasteiger partial charge in [-0.3, -0.25) is 10.00 Å². The Labute approximate surface area is 176 Å². The van der Waals surface area contributed by atoms with Crippen LogP contribution in [0.3, 0.4) is 0 Å². The van der Waals surface area contributed by atoms with Gasteiger partial charge in [0.25, 0.3) is 0 Å². The summed E-state index contributed by atoms with van der Waals surface area (Å²) in [4.78, 5) is 5.01. The molecule has 2 heterocycles. The van der Waals surface area contributed by atoms with Crippen molar-refractivity contribution in [3.63, 3.8) is 0 Å². The summed E-state index contributed by atoms with van der Waals surface area (Å²) in [5.74, 6) is 0. The fourth-order valence-electron chi connectivity index (χ4n) is 4.73. The molecule has 2 unspecified atom stereocenters. The second-order valence-electron chi connectivity index (χ2n) is 8.42. The molecule has 3 aromatic rings. The molecule has 2 fully saturated rings. The number of ether oxygens (including phenoxy) is 1. The molecule has 1 aliphatic carbocycles. The lowest BCUT2D eigenvalue weighted by Gasteiger charge is -2.55. The predicted octanol–water partition coefficient (Wildman–Crippen LogP) is 4.48. The SMILES string of the molecule is CC1(N2CCN(c3cc4[nH]ncc4cc3Cl)CC2)CCC1OCc1ccccc1. The third-order valence-electron chi connectivity index (χ3n) is 6.75. The summed E-state index contributed by atoms with van der Waals surface area (Å²) in [6.45, 7) is 7.06. The Balaban J connectivity index is 1.22. The van der Waals surface area contributed by atoms with Gasteiger partial charge in [0, 0.05) is 37.1 Å². The lowest BCUT2D eigenvalue weighted by atomic mass is 9.73. The van der Waals surface area contributed by atoms with E-state index < -0.39 is 0 Å². The number of benzene rings is 2. The van der Waals surface area contributed by atoms with Crippen molar-refractivity contribution in [2.75, 3.05) is 31.1 Å². The van der Waals surface area contributed by atoms with Gasteiger partial charge in [-0.15, -0.1) is 0 Å². The molecule has 1 saturated heterocycles. The molecule has 2 atom stereocenters. The Hall–Kier alpha value is -2.08. The van der Waals surface area contributed by atoms with Crippen molar-refractivity contribution in [3.05, 3.63) is 59.2 Å². The zero-order valence-corrected chi connectivity index (χ0v) is 17.5. The Morgan fingerprint density at radius 3 is 2.69 bits per heavy atom. The number of halogens is 1. The molecule has 0 bridgehead atoms. The van der Waals surface area contributed by atoms with Crippen molar-refractivity contribution < 1.29 is 4.74 Å². The van der Waals surface area contributed by atoms with Gasteiger partial charge in [0.1, 0.15) is 0 Å². The zero-order valence-electron chi connectivity index (χ0n) is 16.8. The molecule has 5 rings (SSSR count). The van der Waals surface area contributed by atoms with E-state index in [2.05, 4.69) is 57.3 Å². The van der Waals surface area contributed by atoms with Gasteiger partial charge in [0.05, 0.1) is 35.1 Å². The smallest absolute Gasteiger partial charge is 0.0761 e. The Kier molecular flexibility index (Phi) is 4.98. The zero-order chi connectivity index (χ0) is 19.8. The molecule has 1 aromatic heterocycles. The quantitative estimate of drug-likeness (QED) is 0.673. The van der Waals surface area contributed by atoms with Crippen LogP contribution in [-0.4, -0.2) is 52.9 Å². The van der Waals surface area contributed by atoms with Gasteiger partial charge in [0.15, 0.2) is 0 Å². The summed E-state index contributed by atoms with van der Waals surface area (Å²) in [6.07, 6.45) is 4.47. The number of aromatic nitrogens is 2. The van der Waals surface area contributed by atoms with Crippen LogP contribution in [0.25, 0.3) is 10.9 Å². The molecule has 0 radical (unpaired) electrons. The van der Waals surface area contributed by atoms with E-state index in [4.69, 9.17) is 16.3 Å². The first kappa shape index (κ1) is 18.9. The molecule has 2 aliphatic rings. The van der Waals surface area contributed by atoms with Gasteiger partial charge in [-0.2, -0.15) is 5.10 Å². The predicted molar refractivity (Wildman–Crippen MR) is 118 cm³/mol. The van der Waals surface area contributed by atoms with Gasteiger partial charge in [-0.05, 0) is 37.5 Å². The van der Waals surface area contributed by atoms with Crippen LogP contribution < -0.4 is 4.90 Å². The Bertz CT molecular complexity index is 983. The topological polar surface area (TPSA) is 44.4 Å². The van der Waals surface area contributed by atoms with Gasteiger partial charge >= 0.3 is 0 Å². The summed E-state index contributed by atoms with van der Waals surface area (Å²) >= 11 is 6.56. The van der Waals surface area contributed by atoms with Gasteiger partial charge in [0.2, 0.25) is 0 Å². The second kappa shape index (κ2) is 7.63. The van der Waals surface area contributed by atoms with E-state index in [1.54, 1.807) is 0 Å². The van der Waals surface area contributed by atoms with Crippen molar-refractivity contribution in [2.45, 2.75) is 38.0 Å². The Morgan fingerprint density at radius 2 is 1.97 bits per heavy atom. The summed E-state index contributed by atoms with van der Waals surface area (Å²) in [5, 5.41) is 9.01. The van der Waals surface area contributed by atoms with Crippen LogP contribution in [0.2, 0.25) is 5.02 Å². The minimum atomic E-state index is 0.137. The molecular formula is C23H27ClN4O. The summed E-state index contributed by atoms with van der Waals surface area (Å²) < 4.78 is 6.32. The Morgan fingerprint density at radius 1 is 1.17 bits per heavy atom. The number of aromatic amines is 1. The van der Waals surface area contributed by atoms with Crippen molar-refractivity contribution in [1.82, 2.24) is 15.1 Å². The molecule has 0 amide bonds. The number of rotatable bonds is 5. The maximum atomic E-state index is 6.56. The van der Waals surface area contributed by atoms with E-state index >= 15 is 0 Å². The van der Waals surface area contributed by atoms with Crippen LogP contribution in [0.1, 0.15) is 25.3 Å². The second-order valence-corrected chi connectivity index (χ2v) is 8.82. The van der Waals surface area contributed by atoms with E-state index in [1.807, 2.05) is 18.3 Å². The van der Waals surface area contributed by atoms with Gasteiger partial charge < -0.3 is 9.64 Å². The van der Waals surface area contributed by atoms with Gasteiger partial charge in [-0.25, -0.2) is 0 Å². The number of anilines is 1. The maximum absolute atomic E-state index is 6.56. The molecule has 1 N–H and O–H groups in total. The minimum Gasteiger partial charge on any atom is -0.372 e. The molecule has 1 aliphatic heterocycles. The first-order valence-electron chi connectivity index (χ1n) is 10.4. The van der Waals surface area contributed by atoms with Crippen LogP contribution in [-0.2, 0) is 11.3 Å². The lowest BCUT2D eigenvalue weighted by molar-refractivity contribution is -0.135. The molecule has 1 saturated carbocycles. The van der Waals surface area contributed by atoms with Crippen LogP contribution >= 0.6 is 11.6 Å². The number of hydrogen-bond acceptors (Lipinski definition) is 4. The summed E-state index contributed by atoms with van der Waals surface area (Å²) in [5.41, 5.74) is 3.51. The third-order valence-corrected chi connectivity index (χ3v) is 7.05. The molecule has 29 heavy (non-hydrogen) atoms. The average Bonchev–Trinajstić information content (AvgIpc) is 3.20. The number of hydrogen-bond donors (Lipinski definition) is 1. The average molecular weight is 411 g/mol. The highest BCUT2D eigenvalue weighted by Crippen LogP contribution is 2.41. The maximum Gasteiger partial charge on any atom is 0.0761 e. The highest BCUT2D eigenvalue weighted by atomic mass is 35.5. The lowest BCUT2D eigenvalue weighted by Crippen LogP contribution is -2.66. The van der Waals surface area contributed by atoms with E-state index in [1.165, 1.54) is 12.0 Å². The van der Waals surface area contributed by atoms with Crippen LogP contribution in [0.15, 0.2) is 48.7 Å². The standard InChI is InChI=1S/C23H27ClN4O/c1-23(8-7-22(23)29-16-17-5-3-2-4-6-17)28-11-9-27(10-12-28)21-14-20-18(13-19(21)24)15-25-26-20/h2-6,13-15,22H,7-12,16H2,1H3,(H,25,26). The monoisotopic (exact) mass is 410 g/mol. The van der Waals surface area contributed by atoms with E-state index in [0.29, 0.717) is 12.7 Å². The molecule has 2 aromatic carbocycles. The highest BCUT2D eigenvalue weighted by molar-refractivity contribution is 6.34. The molecule has 152 valence electrons. The largest absolute Gasteiger partial charge is 0.372 e. The first-order chi connectivity index (χ1) is 14.1. The third kappa shape index (κ3) is 3.52.